The third-order valence-corrected chi connectivity index (χ3v) is 4.72. The van der Waals surface area contributed by atoms with E-state index < -0.39 is 12.0 Å². The van der Waals surface area contributed by atoms with Crippen LogP contribution in [0.1, 0.15) is 31.1 Å². The van der Waals surface area contributed by atoms with Crippen molar-refractivity contribution in [3.63, 3.8) is 0 Å². The van der Waals surface area contributed by atoms with Gasteiger partial charge in [-0.3, -0.25) is 4.79 Å². The fourth-order valence-corrected chi connectivity index (χ4v) is 3.24. The first-order valence-corrected chi connectivity index (χ1v) is 8.91. The highest BCUT2D eigenvalue weighted by Gasteiger charge is 2.42. The van der Waals surface area contributed by atoms with Crippen LogP contribution >= 0.6 is 0 Å². The lowest BCUT2D eigenvalue weighted by molar-refractivity contribution is -0.136. The van der Waals surface area contributed by atoms with E-state index in [2.05, 4.69) is 5.16 Å². The van der Waals surface area contributed by atoms with Gasteiger partial charge in [0.1, 0.15) is 17.4 Å². The second kappa shape index (κ2) is 8.04. The Bertz CT molecular complexity index is 768. The summed E-state index contributed by atoms with van der Waals surface area (Å²) in [6.07, 6.45) is -0.415. The highest BCUT2D eigenvalue weighted by molar-refractivity contribution is 6.14. The van der Waals surface area contributed by atoms with Gasteiger partial charge in [-0.2, -0.15) is 0 Å². The van der Waals surface area contributed by atoms with Gasteiger partial charge >= 0.3 is 0 Å². The molecule has 0 aromatic heterocycles. The number of carbonyl (C=O) groups is 1. The molecule has 2 aromatic carbocycles. The number of carbonyl (C=O) groups excluding carboxylic acids is 1. The number of amides is 1. The number of methoxy groups -OCH3 is 1. The van der Waals surface area contributed by atoms with Gasteiger partial charge in [0.2, 0.25) is 5.91 Å². The minimum Gasteiger partial charge on any atom is -0.497 e. The van der Waals surface area contributed by atoms with Crippen LogP contribution in [0.3, 0.4) is 0 Å². The molecule has 0 saturated heterocycles. The first kappa shape index (κ1) is 18.0. The van der Waals surface area contributed by atoms with Crippen LogP contribution in [0.5, 0.6) is 5.75 Å². The Hall–Kier alpha value is -2.82. The van der Waals surface area contributed by atoms with Crippen LogP contribution in [-0.4, -0.2) is 36.7 Å². The summed E-state index contributed by atoms with van der Waals surface area (Å²) in [6, 6.07) is 17.4. The normalized spacial score (nSPS) is 18.8. The molecule has 0 aliphatic carbocycles. The lowest BCUT2D eigenvalue weighted by atomic mass is 9.87. The molecule has 0 radical (unpaired) electrons. The van der Waals surface area contributed by atoms with E-state index >= 15 is 0 Å². The number of hydrogen-bond acceptors (Lipinski definition) is 4. The fourth-order valence-electron chi connectivity index (χ4n) is 3.24. The van der Waals surface area contributed by atoms with Crippen molar-refractivity contribution in [2.24, 2.45) is 11.1 Å². The topological polar surface area (TPSA) is 51.1 Å². The van der Waals surface area contributed by atoms with Crippen molar-refractivity contribution in [1.29, 1.82) is 0 Å². The van der Waals surface area contributed by atoms with Crippen LogP contribution in [0, 0.1) is 5.92 Å². The third kappa shape index (κ3) is 3.43. The molecule has 26 heavy (non-hydrogen) atoms. The monoisotopic (exact) mass is 352 g/mol. The van der Waals surface area contributed by atoms with Gasteiger partial charge in [-0.25, -0.2) is 0 Å². The largest absolute Gasteiger partial charge is 0.497 e. The van der Waals surface area contributed by atoms with E-state index in [-0.39, 0.29) is 5.91 Å². The van der Waals surface area contributed by atoms with Crippen molar-refractivity contribution in [1.82, 2.24) is 4.90 Å². The third-order valence-electron chi connectivity index (χ3n) is 4.72. The number of ether oxygens (including phenoxy) is 1. The van der Waals surface area contributed by atoms with E-state index in [0.29, 0.717) is 18.8 Å². The van der Waals surface area contributed by atoms with Crippen LogP contribution in [0.4, 0.5) is 0 Å². The molecule has 1 aliphatic heterocycles. The minimum atomic E-state index is -0.467. The molecule has 0 unspecified atom stereocenters. The van der Waals surface area contributed by atoms with Crippen molar-refractivity contribution in [2.75, 3.05) is 20.2 Å². The lowest BCUT2D eigenvalue weighted by Gasteiger charge is -2.26. The summed E-state index contributed by atoms with van der Waals surface area (Å²) in [7, 11) is 1.63. The summed E-state index contributed by atoms with van der Waals surface area (Å²) < 4.78 is 5.22. The Morgan fingerprint density at radius 3 is 2.31 bits per heavy atom. The van der Waals surface area contributed by atoms with Gasteiger partial charge in [-0.15, -0.1) is 0 Å². The molecule has 5 nitrogen and oxygen atoms in total. The highest BCUT2D eigenvalue weighted by Crippen LogP contribution is 2.36. The highest BCUT2D eigenvalue weighted by atomic mass is 16.6. The van der Waals surface area contributed by atoms with Crippen molar-refractivity contribution in [3.8, 4) is 5.75 Å². The number of nitrogens with zero attached hydrogens (tertiary/aromatic N) is 2. The van der Waals surface area contributed by atoms with Crippen LogP contribution < -0.4 is 4.74 Å². The van der Waals surface area contributed by atoms with Gasteiger partial charge in [0.15, 0.2) is 6.10 Å². The summed E-state index contributed by atoms with van der Waals surface area (Å²) in [5.74, 6) is 0.334. The van der Waals surface area contributed by atoms with Crippen molar-refractivity contribution in [2.45, 2.75) is 20.0 Å². The molecule has 2 atom stereocenters. The summed E-state index contributed by atoms with van der Waals surface area (Å²) in [5.41, 5.74) is 2.48. The van der Waals surface area contributed by atoms with Crippen molar-refractivity contribution in [3.05, 3.63) is 65.7 Å². The smallest absolute Gasteiger partial charge is 0.236 e. The molecule has 3 rings (SSSR count). The Balaban J connectivity index is 1.98. The number of hydrogen-bond donors (Lipinski definition) is 0. The molecule has 0 saturated carbocycles. The number of rotatable bonds is 6. The molecule has 0 N–H and O–H groups in total. The molecule has 136 valence electrons. The molecular weight excluding hydrogens is 328 g/mol. The first-order valence-electron chi connectivity index (χ1n) is 8.91. The van der Waals surface area contributed by atoms with Gasteiger partial charge in [-0.1, -0.05) is 35.5 Å². The Morgan fingerprint density at radius 1 is 1.08 bits per heavy atom. The standard InChI is InChI=1S/C21H24N2O3/c1-4-23(5-2)21(24)18-19(15-11-13-17(25-3)14-12-15)22-26-20(18)16-9-7-6-8-10-16/h6-14,18,20H,4-5H2,1-3H3/t18-,20+/m0/s1. The molecule has 1 aliphatic rings. The zero-order chi connectivity index (χ0) is 18.5. The van der Waals surface area contributed by atoms with Gasteiger partial charge in [0.05, 0.1) is 7.11 Å². The molecule has 1 heterocycles. The van der Waals surface area contributed by atoms with E-state index in [1.165, 1.54) is 0 Å². The van der Waals surface area contributed by atoms with E-state index in [1.54, 1.807) is 7.11 Å². The van der Waals surface area contributed by atoms with E-state index in [1.807, 2.05) is 73.3 Å². The molecule has 0 fully saturated rings. The zero-order valence-corrected chi connectivity index (χ0v) is 15.4. The second-order valence-corrected chi connectivity index (χ2v) is 6.13. The van der Waals surface area contributed by atoms with Crippen LogP contribution in [0.15, 0.2) is 59.8 Å². The zero-order valence-electron chi connectivity index (χ0n) is 15.4. The van der Waals surface area contributed by atoms with Crippen LogP contribution in [0.2, 0.25) is 0 Å². The number of oxime groups is 1. The average molecular weight is 352 g/mol. The van der Waals surface area contributed by atoms with Crippen LogP contribution in [-0.2, 0) is 9.63 Å². The molecule has 0 bridgehead atoms. The second-order valence-electron chi connectivity index (χ2n) is 6.13. The van der Waals surface area contributed by atoms with Gasteiger partial charge in [-0.05, 0) is 43.7 Å². The maximum atomic E-state index is 13.2. The molecular formula is C21H24N2O3. The SMILES string of the molecule is CCN(CC)C(=O)[C@H]1C(c2ccc(OC)cc2)=NO[C@@H]1c1ccccc1. The molecule has 0 spiro atoms. The predicted octanol–water partition coefficient (Wildman–Crippen LogP) is 3.66. The summed E-state index contributed by atoms with van der Waals surface area (Å²) in [6.45, 7) is 5.28. The molecule has 1 amide bonds. The van der Waals surface area contributed by atoms with Crippen molar-refractivity contribution >= 4 is 11.6 Å². The summed E-state index contributed by atoms with van der Waals surface area (Å²) in [4.78, 5) is 20.8. The maximum absolute atomic E-state index is 13.2. The van der Waals surface area contributed by atoms with Gasteiger partial charge in [0, 0.05) is 18.7 Å². The minimum absolute atomic E-state index is 0.0379. The molecule has 5 heteroatoms. The van der Waals surface area contributed by atoms with Gasteiger partial charge in [0.25, 0.3) is 0 Å². The Morgan fingerprint density at radius 2 is 1.73 bits per heavy atom. The lowest BCUT2D eigenvalue weighted by Crippen LogP contribution is -2.40. The van der Waals surface area contributed by atoms with E-state index in [4.69, 9.17) is 9.57 Å². The number of benzene rings is 2. The summed E-state index contributed by atoms with van der Waals surface area (Å²) >= 11 is 0. The average Bonchev–Trinajstić information content (AvgIpc) is 3.14. The van der Waals surface area contributed by atoms with Crippen LogP contribution in [0.25, 0.3) is 0 Å². The fraction of sp³-hybridized carbons (Fsp3) is 0.333. The van der Waals surface area contributed by atoms with E-state index in [0.717, 1.165) is 16.9 Å². The maximum Gasteiger partial charge on any atom is 0.236 e. The van der Waals surface area contributed by atoms with E-state index in [9.17, 15) is 4.79 Å². The van der Waals surface area contributed by atoms with Crippen molar-refractivity contribution < 1.29 is 14.4 Å². The first-order chi connectivity index (χ1) is 12.7. The quantitative estimate of drug-likeness (QED) is 0.797. The molecule has 2 aromatic rings. The van der Waals surface area contributed by atoms with Gasteiger partial charge < -0.3 is 14.5 Å². The predicted molar refractivity (Wildman–Crippen MR) is 101 cm³/mol. The Kier molecular flexibility index (Phi) is 5.56. The summed E-state index contributed by atoms with van der Waals surface area (Å²) in [5, 5.41) is 4.30. The Labute approximate surface area is 154 Å².